The summed E-state index contributed by atoms with van der Waals surface area (Å²) in [5, 5.41) is 2.14. The maximum Gasteiger partial charge on any atom is 0.471 e. The Bertz CT molecular complexity index is 761. The quantitative estimate of drug-likeness (QED) is 0.759. The predicted octanol–water partition coefficient (Wildman–Crippen LogP) is 4.96. The van der Waals surface area contributed by atoms with Gasteiger partial charge in [0.15, 0.2) is 0 Å². The van der Waals surface area contributed by atoms with E-state index >= 15 is 0 Å². The van der Waals surface area contributed by atoms with Crippen molar-refractivity contribution in [1.82, 2.24) is 5.32 Å². The zero-order valence-corrected chi connectivity index (χ0v) is 17.1. The van der Waals surface area contributed by atoms with Crippen molar-refractivity contribution in [3.05, 3.63) is 34.9 Å². The minimum Gasteiger partial charge on any atom is -0.348 e. The Kier molecular flexibility index (Phi) is 5.32. The van der Waals surface area contributed by atoms with Crippen LogP contribution in [0.3, 0.4) is 0 Å². The molecule has 0 saturated heterocycles. The Balaban J connectivity index is 1.94. The van der Waals surface area contributed by atoms with Crippen LogP contribution < -0.4 is 11.1 Å². The monoisotopic (exact) mass is 396 g/mol. The van der Waals surface area contributed by atoms with Crippen molar-refractivity contribution in [2.24, 2.45) is 17.1 Å². The second-order valence-corrected chi connectivity index (χ2v) is 9.50. The normalized spacial score (nSPS) is 32.6. The van der Waals surface area contributed by atoms with Crippen molar-refractivity contribution in [1.29, 1.82) is 0 Å². The number of fused-ring (bicyclic) bond motifs is 3. The zero-order valence-electron chi connectivity index (χ0n) is 17.1. The topological polar surface area (TPSA) is 55.1 Å². The first-order chi connectivity index (χ1) is 12.9. The van der Waals surface area contributed by atoms with Crippen LogP contribution in [0, 0.1) is 11.3 Å². The Morgan fingerprint density at radius 3 is 2.57 bits per heavy atom. The van der Waals surface area contributed by atoms with Crippen LogP contribution in [0.4, 0.5) is 13.2 Å². The van der Waals surface area contributed by atoms with E-state index in [2.05, 4.69) is 44.3 Å². The average molecular weight is 396 g/mol. The van der Waals surface area contributed by atoms with Gasteiger partial charge in [0, 0.05) is 12.6 Å². The summed E-state index contributed by atoms with van der Waals surface area (Å²) in [4.78, 5) is 11.4. The largest absolute Gasteiger partial charge is 0.471 e. The maximum atomic E-state index is 12.7. The van der Waals surface area contributed by atoms with E-state index in [0.717, 1.165) is 25.7 Å². The predicted molar refractivity (Wildman–Crippen MR) is 104 cm³/mol. The minimum absolute atomic E-state index is 0.0255. The molecule has 156 valence electrons. The molecule has 3 rings (SSSR count). The standard InChI is InChI=1S/C22H31F3N2O/c1-13(2)14-6-7-16-15(10-14)17(26)11-18-20(3,8-5-9-21(16,18)4)12-27-19(28)22(23,24)25/h6-7,10,13,17-18H,5,8-9,11-12,26H2,1-4H3,(H,27,28)/t17?,18-,20-,21+/m0/s1. The first kappa shape index (κ1) is 21.2. The Morgan fingerprint density at radius 1 is 1.29 bits per heavy atom. The number of nitrogens with two attached hydrogens (primary N) is 1. The number of hydrogen-bond acceptors (Lipinski definition) is 2. The molecule has 0 bridgehead atoms. The summed E-state index contributed by atoms with van der Waals surface area (Å²) < 4.78 is 38.0. The van der Waals surface area contributed by atoms with Gasteiger partial charge >= 0.3 is 12.1 Å². The van der Waals surface area contributed by atoms with Crippen LogP contribution in [0.1, 0.15) is 82.0 Å². The molecule has 4 atom stereocenters. The average Bonchev–Trinajstić information content (AvgIpc) is 2.61. The van der Waals surface area contributed by atoms with Crippen molar-refractivity contribution >= 4 is 5.91 Å². The van der Waals surface area contributed by atoms with Gasteiger partial charge in [-0.05, 0) is 58.6 Å². The van der Waals surface area contributed by atoms with E-state index in [4.69, 9.17) is 5.73 Å². The van der Waals surface area contributed by atoms with E-state index in [1.165, 1.54) is 16.7 Å². The highest BCUT2D eigenvalue weighted by Gasteiger charge is 2.53. The van der Waals surface area contributed by atoms with E-state index in [9.17, 15) is 18.0 Å². The molecule has 1 aromatic carbocycles. The fraction of sp³-hybridized carbons (Fsp3) is 0.682. The van der Waals surface area contributed by atoms with Crippen LogP contribution in [0.25, 0.3) is 0 Å². The number of hydrogen-bond donors (Lipinski definition) is 2. The molecule has 0 spiro atoms. The smallest absolute Gasteiger partial charge is 0.348 e. The fourth-order valence-corrected chi connectivity index (χ4v) is 5.59. The Morgan fingerprint density at radius 2 is 1.96 bits per heavy atom. The van der Waals surface area contributed by atoms with Gasteiger partial charge in [0.2, 0.25) is 0 Å². The number of halogens is 3. The third-order valence-electron chi connectivity index (χ3n) is 7.21. The molecule has 0 radical (unpaired) electrons. The molecule has 6 heteroatoms. The summed E-state index contributed by atoms with van der Waals surface area (Å²) in [6, 6.07) is 6.41. The van der Waals surface area contributed by atoms with Gasteiger partial charge in [0.05, 0.1) is 0 Å². The van der Waals surface area contributed by atoms with E-state index < -0.39 is 17.5 Å². The van der Waals surface area contributed by atoms with Gasteiger partial charge in [0.1, 0.15) is 0 Å². The summed E-state index contributed by atoms with van der Waals surface area (Å²) in [5.41, 5.74) is 9.66. The number of benzene rings is 1. The van der Waals surface area contributed by atoms with Crippen LogP contribution in [-0.4, -0.2) is 18.6 Å². The van der Waals surface area contributed by atoms with E-state index in [1.807, 2.05) is 6.92 Å². The summed E-state index contributed by atoms with van der Waals surface area (Å²) in [7, 11) is 0. The molecule has 0 aliphatic heterocycles. The molecule has 1 saturated carbocycles. The fourth-order valence-electron chi connectivity index (χ4n) is 5.59. The van der Waals surface area contributed by atoms with E-state index in [-0.39, 0.29) is 23.9 Å². The molecule has 1 aromatic rings. The van der Waals surface area contributed by atoms with Crippen molar-refractivity contribution in [3.8, 4) is 0 Å². The second-order valence-electron chi connectivity index (χ2n) is 9.50. The van der Waals surface area contributed by atoms with Gasteiger partial charge in [0.25, 0.3) is 0 Å². The lowest BCUT2D eigenvalue weighted by Gasteiger charge is -2.56. The zero-order chi connectivity index (χ0) is 20.9. The Hall–Kier alpha value is -1.56. The van der Waals surface area contributed by atoms with Crippen molar-refractivity contribution in [2.45, 2.75) is 76.9 Å². The van der Waals surface area contributed by atoms with Crippen molar-refractivity contribution < 1.29 is 18.0 Å². The molecule has 1 unspecified atom stereocenters. The number of rotatable bonds is 3. The number of carbonyl (C=O) groups excluding carboxylic acids is 1. The van der Waals surface area contributed by atoms with Gasteiger partial charge in [-0.2, -0.15) is 13.2 Å². The van der Waals surface area contributed by atoms with Crippen LogP contribution >= 0.6 is 0 Å². The van der Waals surface area contributed by atoms with E-state index in [1.54, 1.807) is 0 Å². The van der Waals surface area contributed by atoms with Gasteiger partial charge in [-0.15, -0.1) is 0 Å². The number of alkyl halides is 3. The molecule has 1 fully saturated rings. The highest BCUT2D eigenvalue weighted by molar-refractivity contribution is 5.81. The minimum atomic E-state index is -4.85. The lowest BCUT2D eigenvalue weighted by atomic mass is 9.49. The molecule has 0 heterocycles. The molecule has 2 aliphatic rings. The van der Waals surface area contributed by atoms with Gasteiger partial charge < -0.3 is 11.1 Å². The van der Waals surface area contributed by atoms with Crippen molar-refractivity contribution in [2.75, 3.05) is 6.54 Å². The molecule has 2 aliphatic carbocycles. The SMILES string of the molecule is CC(C)c1ccc2c(c1)C(N)C[C@H]1[C@](C)(CNC(=O)C(F)(F)F)CCC[C@]21C. The van der Waals surface area contributed by atoms with Gasteiger partial charge in [-0.25, -0.2) is 0 Å². The first-order valence-corrected chi connectivity index (χ1v) is 10.1. The number of amides is 1. The summed E-state index contributed by atoms with van der Waals surface area (Å²) >= 11 is 0. The summed E-state index contributed by atoms with van der Waals surface area (Å²) in [5.74, 6) is -1.32. The highest BCUT2D eigenvalue weighted by Crippen LogP contribution is 2.58. The van der Waals surface area contributed by atoms with E-state index in [0.29, 0.717) is 5.92 Å². The second kappa shape index (κ2) is 7.05. The molecule has 28 heavy (non-hydrogen) atoms. The van der Waals surface area contributed by atoms with Crippen LogP contribution in [0.15, 0.2) is 18.2 Å². The van der Waals surface area contributed by atoms with Crippen molar-refractivity contribution in [3.63, 3.8) is 0 Å². The lowest BCUT2D eigenvalue weighted by Crippen LogP contribution is -2.55. The Labute approximate surface area is 165 Å². The van der Waals surface area contributed by atoms with Crippen LogP contribution in [0.5, 0.6) is 0 Å². The van der Waals surface area contributed by atoms with Gasteiger partial charge in [-0.3, -0.25) is 4.79 Å². The third kappa shape index (κ3) is 3.56. The molecule has 3 nitrogen and oxygen atoms in total. The van der Waals surface area contributed by atoms with Crippen LogP contribution in [0.2, 0.25) is 0 Å². The maximum absolute atomic E-state index is 12.7. The first-order valence-electron chi connectivity index (χ1n) is 10.1. The highest BCUT2D eigenvalue weighted by atomic mass is 19.4. The number of nitrogens with one attached hydrogen (secondary N) is 1. The number of carbonyl (C=O) groups is 1. The van der Waals surface area contributed by atoms with Gasteiger partial charge in [-0.1, -0.05) is 52.3 Å². The summed E-state index contributed by atoms with van der Waals surface area (Å²) in [6.45, 7) is 8.56. The summed E-state index contributed by atoms with van der Waals surface area (Å²) in [6.07, 6.45) is -1.43. The molecule has 3 N–H and O–H groups in total. The molecular formula is C22H31F3N2O. The molecule has 1 amide bonds. The molecule has 0 aromatic heterocycles. The molecular weight excluding hydrogens is 365 g/mol. The lowest BCUT2D eigenvalue weighted by molar-refractivity contribution is -0.174. The van der Waals surface area contributed by atoms with Crippen LogP contribution in [-0.2, 0) is 10.2 Å². The third-order valence-corrected chi connectivity index (χ3v) is 7.21.